The first-order chi connectivity index (χ1) is 12.2. The van der Waals surface area contributed by atoms with E-state index in [2.05, 4.69) is 26.2 Å². The SMILES string of the molecule is CC[C@@H](Oc1ccccc1)C(=O)Nc1nc(-c2ccc(Br)cc2)cs1. The van der Waals surface area contributed by atoms with Crippen LogP contribution in [-0.4, -0.2) is 17.0 Å². The number of aromatic nitrogens is 1. The lowest BCUT2D eigenvalue weighted by Crippen LogP contribution is -2.32. The van der Waals surface area contributed by atoms with Crippen molar-refractivity contribution in [3.8, 4) is 17.0 Å². The fraction of sp³-hybridized carbons (Fsp3) is 0.158. The van der Waals surface area contributed by atoms with E-state index in [1.807, 2.05) is 66.9 Å². The number of nitrogens with zero attached hydrogens (tertiary/aromatic N) is 1. The van der Waals surface area contributed by atoms with E-state index in [9.17, 15) is 4.79 Å². The van der Waals surface area contributed by atoms with Gasteiger partial charge in [-0.15, -0.1) is 11.3 Å². The van der Waals surface area contributed by atoms with Crippen LogP contribution in [0.1, 0.15) is 13.3 Å². The summed E-state index contributed by atoms with van der Waals surface area (Å²) in [6.45, 7) is 1.92. The van der Waals surface area contributed by atoms with Gasteiger partial charge in [0.25, 0.3) is 5.91 Å². The summed E-state index contributed by atoms with van der Waals surface area (Å²) >= 11 is 4.82. The number of carbonyl (C=O) groups excluding carboxylic acids is 1. The maximum absolute atomic E-state index is 12.5. The number of thiazole rings is 1. The van der Waals surface area contributed by atoms with Crippen LogP contribution in [0, 0.1) is 0 Å². The fourth-order valence-corrected chi connectivity index (χ4v) is 3.24. The summed E-state index contributed by atoms with van der Waals surface area (Å²) in [5, 5.41) is 5.34. The average molecular weight is 417 g/mol. The molecule has 1 aromatic heterocycles. The number of hydrogen-bond donors (Lipinski definition) is 1. The third-order valence-corrected chi connectivity index (χ3v) is 4.85. The van der Waals surface area contributed by atoms with Crippen LogP contribution in [-0.2, 0) is 4.79 Å². The summed E-state index contributed by atoms with van der Waals surface area (Å²) in [4.78, 5) is 17.0. The lowest BCUT2D eigenvalue weighted by molar-refractivity contribution is -0.122. The van der Waals surface area contributed by atoms with Gasteiger partial charge in [-0.3, -0.25) is 10.1 Å². The van der Waals surface area contributed by atoms with Crippen LogP contribution in [0.3, 0.4) is 0 Å². The first-order valence-corrected chi connectivity index (χ1v) is 9.57. The van der Waals surface area contributed by atoms with Crippen LogP contribution in [0.25, 0.3) is 11.3 Å². The average Bonchev–Trinajstić information content (AvgIpc) is 3.09. The van der Waals surface area contributed by atoms with Gasteiger partial charge in [0.2, 0.25) is 0 Å². The minimum Gasteiger partial charge on any atom is -0.481 e. The van der Waals surface area contributed by atoms with E-state index in [4.69, 9.17) is 4.74 Å². The van der Waals surface area contributed by atoms with Crippen molar-refractivity contribution < 1.29 is 9.53 Å². The van der Waals surface area contributed by atoms with Gasteiger partial charge in [-0.25, -0.2) is 4.98 Å². The maximum atomic E-state index is 12.5. The van der Waals surface area contributed by atoms with Crippen molar-refractivity contribution in [2.45, 2.75) is 19.4 Å². The first-order valence-electron chi connectivity index (χ1n) is 7.89. The highest BCUT2D eigenvalue weighted by atomic mass is 79.9. The molecule has 0 saturated carbocycles. The largest absolute Gasteiger partial charge is 0.481 e. The molecule has 1 amide bonds. The predicted octanol–water partition coefficient (Wildman–Crippen LogP) is 5.37. The van der Waals surface area contributed by atoms with Crippen molar-refractivity contribution in [2.75, 3.05) is 5.32 Å². The zero-order chi connectivity index (χ0) is 17.6. The highest BCUT2D eigenvalue weighted by Crippen LogP contribution is 2.26. The highest BCUT2D eigenvalue weighted by Gasteiger charge is 2.19. The molecule has 1 N–H and O–H groups in total. The number of hydrogen-bond acceptors (Lipinski definition) is 4. The van der Waals surface area contributed by atoms with Crippen LogP contribution in [0.15, 0.2) is 64.5 Å². The molecule has 4 nitrogen and oxygen atoms in total. The van der Waals surface area contributed by atoms with Crippen molar-refractivity contribution in [1.82, 2.24) is 4.98 Å². The number of halogens is 1. The van der Waals surface area contributed by atoms with Gasteiger partial charge in [-0.2, -0.15) is 0 Å². The second-order valence-corrected chi connectivity index (χ2v) is 7.14. The van der Waals surface area contributed by atoms with Gasteiger partial charge in [0.05, 0.1) is 5.69 Å². The second kappa shape index (κ2) is 8.27. The van der Waals surface area contributed by atoms with Gasteiger partial charge in [0.1, 0.15) is 5.75 Å². The molecule has 6 heteroatoms. The van der Waals surface area contributed by atoms with Gasteiger partial charge in [0, 0.05) is 15.4 Å². The lowest BCUT2D eigenvalue weighted by atomic mass is 10.2. The Bertz CT molecular complexity index is 834. The van der Waals surface area contributed by atoms with E-state index in [-0.39, 0.29) is 5.91 Å². The number of nitrogens with one attached hydrogen (secondary N) is 1. The minimum atomic E-state index is -0.553. The Labute approximate surface area is 159 Å². The maximum Gasteiger partial charge on any atom is 0.267 e. The van der Waals surface area contributed by atoms with E-state index in [1.165, 1.54) is 11.3 Å². The zero-order valence-corrected chi connectivity index (χ0v) is 16.0. The van der Waals surface area contributed by atoms with Crippen LogP contribution in [0.5, 0.6) is 5.75 Å². The Balaban J connectivity index is 1.67. The van der Waals surface area contributed by atoms with E-state index >= 15 is 0 Å². The van der Waals surface area contributed by atoms with Crippen LogP contribution < -0.4 is 10.1 Å². The Hall–Kier alpha value is -2.18. The molecular weight excluding hydrogens is 400 g/mol. The number of anilines is 1. The molecular formula is C19H17BrN2O2S. The van der Waals surface area contributed by atoms with Crippen molar-refractivity contribution in [1.29, 1.82) is 0 Å². The first kappa shape index (κ1) is 17.6. The van der Waals surface area contributed by atoms with Crippen molar-refractivity contribution >= 4 is 38.3 Å². The summed E-state index contributed by atoms with van der Waals surface area (Å²) in [6, 6.07) is 17.2. The van der Waals surface area contributed by atoms with Crippen molar-refractivity contribution in [2.24, 2.45) is 0 Å². The molecule has 0 spiro atoms. The summed E-state index contributed by atoms with van der Waals surface area (Å²) in [5.41, 5.74) is 1.84. The summed E-state index contributed by atoms with van der Waals surface area (Å²) in [6.07, 6.45) is 0.0218. The Morgan fingerprint density at radius 3 is 2.60 bits per heavy atom. The van der Waals surface area contributed by atoms with Crippen LogP contribution in [0.2, 0.25) is 0 Å². The summed E-state index contributed by atoms with van der Waals surface area (Å²) < 4.78 is 6.78. The summed E-state index contributed by atoms with van der Waals surface area (Å²) in [5.74, 6) is 0.488. The molecule has 0 saturated heterocycles. The number of ether oxygens (including phenoxy) is 1. The van der Waals surface area contributed by atoms with Gasteiger partial charge in [-0.1, -0.05) is 53.2 Å². The number of rotatable bonds is 6. The van der Waals surface area contributed by atoms with Crippen LogP contribution >= 0.6 is 27.3 Å². The normalized spacial score (nSPS) is 11.8. The molecule has 0 aliphatic rings. The molecule has 25 heavy (non-hydrogen) atoms. The van der Waals surface area contributed by atoms with E-state index in [0.29, 0.717) is 17.3 Å². The molecule has 3 rings (SSSR count). The Morgan fingerprint density at radius 1 is 1.20 bits per heavy atom. The highest BCUT2D eigenvalue weighted by molar-refractivity contribution is 9.10. The van der Waals surface area contributed by atoms with E-state index in [0.717, 1.165) is 15.7 Å². The van der Waals surface area contributed by atoms with Gasteiger partial charge < -0.3 is 4.74 Å². The Morgan fingerprint density at radius 2 is 1.92 bits per heavy atom. The molecule has 1 atom stereocenters. The molecule has 0 fully saturated rings. The zero-order valence-electron chi connectivity index (χ0n) is 13.6. The molecule has 0 aliphatic carbocycles. The molecule has 0 radical (unpaired) electrons. The third-order valence-electron chi connectivity index (χ3n) is 3.56. The molecule has 3 aromatic rings. The van der Waals surface area contributed by atoms with E-state index < -0.39 is 6.10 Å². The monoisotopic (exact) mass is 416 g/mol. The van der Waals surface area contributed by atoms with Gasteiger partial charge in [-0.05, 0) is 30.7 Å². The van der Waals surface area contributed by atoms with Crippen molar-refractivity contribution in [3.05, 3.63) is 64.5 Å². The number of para-hydroxylation sites is 1. The van der Waals surface area contributed by atoms with Crippen molar-refractivity contribution in [3.63, 3.8) is 0 Å². The molecule has 0 bridgehead atoms. The summed E-state index contributed by atoms with van der Waals surface area (Å²) in [7, 11) is 0. The lowest BCUT2D eigenvalue weighted by Gasteiger charge is -2.16. The predicted molar refractivity (Wildman–Crippen MR) is 105 cm³/mol. The van der Waals surface area contributed by atoms with Crippen LogP contribution in [0.4, 0.5) is 5.13 Å². The molecule has 2 aromatic carbocycles. The Kier molecular flexibility index (Phi) is 5.83. The second-order valence-electron chi connectivity index (χ2n) is 5.36. The molecule has 0 aliphatic heterocycles. The topological polar surface area (TPSA) is 51.2 Å². The number of carbonyl (C=O) groups is 1. The smallest absolute Gasteiger partial charge is 0.267 e. The molecule has 1 heterocycles. The minimum absolute atomic E-state index is 0.192. The number of amides is 1. The van der Waals surface area contributed by atoms with E-state index in [1.54, 1.807) is 0 Å². The fourth-order valence-electron chi connectivity index (χ4n) is 2.26. The molecule has 0 unspecified atom stereocenters. The quantitative estimate of drug-likeness (QED) is 0.587. The van der Waals surface area contributed by atoms with Gasteiger partial charge in [0.15, 0.2) is 11.2 Å². The standard InChI is InChI=1S/C19H17BrN2O2S/c1-2-17(24-15-6-4-3-5-7-15)18(23)22-19-21-16(12-25-19)13-8-10-14(20)11-9-13/h3-12,17H,2H2,1H3,(H,21,22,23)/t17-/m1/s1. The van der Waals surface area contributed by atoms with Gasteiger partial charge >= 0.3 is 0 Å². The number of benzene rings is 2. The third kappa shape index (κ3) is 4.67. The molecule has 128 valence electrons.